The normalized spacial score (nSPS) is 10.6. The van der Waals surface area contributed by atoms with Crippen LogP contribution in [0.15, 0.2) is 42.5 Å². The van der Waals surface area contributed by atoms with Crippen LogP contribution in [-0.2, 0) is 24.9 Å². The fraction of sp³-hybridized carbons (Fsp3) is 0.238. The molecule has 3 aromatic rings. The van der Waals surface area contributed by atoms with Crippen molar-refractivity contribution in [3.63, 3.8) is 0 Å². The maximum absolute atomic E-state index is 12.5. The van der Waals surface area contributed by atoms with Gasteiger partial charge in [0.05, 0.1) is 11.5 Å². The molecule has 0 aliphatic heterocycles. The van der Waals surface area contributed by atoms with Crippen LogP contribution in [-0.4, -0.2) is 31.1 Å². The second-order valence-corrected chi connectivity index (χ2v) is 7.58. The highest BCUT2D eigenvalue weighted by Gasteiger charge is 2.15. The summed E-state index contributed by atoms with van der Waals surface area (Å²) in [6.07, 6.45) is 0. The van der Waals surface area contributed by atoms with Gasteiger partial charge in [-0.05, 0) is 49.3 Å². The van der Waals surface area contributed by atoms with E-state index in [0.29, 0.717) is 27.4 Å². The summed E-state index contributed by atoms with van der Waals surface area (Å²) in [5.41, 5.74) is 2.42. The number of hydrogen-bond acceptors (Lipinski definition) is 6. The van der Waals surface area contributed by atoms with E-state index >= 15 is 0 Å². The van der Waals surface area contributed by atoms with E-state index in [1.807, 2.05) is 19.1 Å². The van der Waals surface area contributed by atoms with Crippen LogP contribution in [0.2, 0.25) is 0 Å². The number of hydrogen-bond donors (Lipinski definition) is 2. The van der Waals surface area contributed by atoms with Crippen molar-refractivity contribution in [2.75, 3.05) is 5.32 Å². The number of aromatic nitrogens is 3. The molecule has 32 heavy (non-hydrogen) atoms. The van der Waals surface area contributed by atoms with Crippen molar-refractivity contribution in [3.05, 3.63) is 79.9 Å². The molecule has 0 aliphatic carbocycles. The molecule has 0 fully saturated rings. The Hall–Kier alpha value is -3.86. The summed E-state index contributed by atoms with van der Waals surface area (Å²) in [5.74, 6) is -0.113. The molecular weight excluding hydrogens is 432 g/mol. The minimum atomic E-state index is -0.495. The van der Waals surface area contributed by atoms with Gasteiger partial charge in [-0.15, -0.1) is 0 Å². The van der Waals surface area contributed by atoms with Gasteiger partial charge in [0.15, 0.2) is 10.6 Å². The van der Waals surface area contributed by atoms with Gasteiger partial charge in [-0.2, -0.15) is 5.10 Å². The van der Waals surface area contributed by atoms with Crippen LogP contribution in [0, 0.1) is 28.7 Å². The minimum Gasteiger partial charge on any atom is -0.345 e. The van der Waals surface area contributed by atoms with Crippen LogP contribution in [0.5, 0.6) is 0 Å². The van der Waals surface area contributed by atoms with Gasteiger partial charge in [0.1, 0.15) is 6.54 Å². The van der Waals surface area contributed by atoms with Crippen LogP contribution < -0.4 is 10.6 Å². The number of carbonyl (C=O) groups excluding carboxylic acids is 2. The maximum atomic E-state index is 12.5. The van der Waals surface area contributed by atoms with Gasteiger partial charge >= 0.3 is 0 Å². The molecule has 0 unspecified atom stereocenters. The second-order valence-electron chi connectivity index (χ2n) is 7.22. The van der Waals surface area contributed by atoms with Crippen LogP contribution in [0.25, 0.3) is 0 Å². The van der Waals surface area contributed by atoms with E-state index < -0.39 is 4.92 Å². The Morgan fingerprint density at radius 3 is 2.53 bits per heavy atom. The Morgan fingerprint density at radius 1 is 1.16 bits per heavy atom. The van der Waals surface area contributed by atoms with Gasteiger partial charge in [0, 0.05) is 30.4 Å². The molecule has 0 spiro atoms. The number of nitro benzene ring substituents is 1. The van der Waals surface area contributed by atoms with Gasteiger partial charge in [-0.3, -0.25) is 19.7 Å². The summed E-state index contributed by atoms with van der Waals surface area (Å²) in [7, 11) is 1.71. The average molecular weight is 455 g/mol. The van der Waals surface area contributed by atoms with Gasteiger partial charge in [0.25, 0.3) is 11.6 Å². The zero-order chi connectivity index (χ0) is 23.4. The van der Waals surface area contributed by atoms with Crippen LogP contribution >= 0.6 is 12.2 Å². The Kier molecular flexibility index (Phi) is 6.79. The predicted molar refractivity (Wildman–Crippen MR) is 121 cm³/mol. The first-order valence-electron chi connectivity index (χ1n) is 9.69. The lowest BCUT2D eigenvalue weighted by molar-refractivity contribution is -0.384. The zero-order valence-corrected chi connectivity index (χ0v) is 18.6. The highest BCUT2D eigenvalue weighted by Crippen LogP contribution is 2.21. The molecule has 2 aromatic carbocycles. The highest BCUT2D eigenvalue weighted by atomic mass is 32.1. The first-order chi connectivity index (χ1) is 15.2. The van der Waals surface area contributed by atoms with E-state index in [0.717, 1.165) is 5.56 Å². The number of anilines is 1. The van der Waals surface area contributed by atoms with Crippen molar-refractivity contribution in [1.82, 2.24) is 19.7 Å². The Morgan fingerprint density at radius 2 is 1.88 bits per heavy atom. The van der Waals surface area contributed by atoms with Gasteiger partial charge < -0.3 is 15.2 Å². The summed E-state index contributed by atoms with van der Waals surface area (Å²) in [6.45, 7) is 3.53. The third-order valence-electron chi connectivity index (χ3n) is 4.92. The minimum absolute atomic E-state index is 0.0511. The Bertz CT molecular complexity index is 1260. The Labute approximate surface area is 189 Å². The van der Waals surface area contributed by atoms with Gasteiger partial charge in [-0.1, -0.05) is 18.2 Å². The lowest BCUT2D eigenvalue weighted by Crippen LogP contribution is -2.25. The predicted octanol–water partition coefficient (Wildman–Crippen LogP) is 3.04. The van der Waals surface area contributed by atoms with E-state index in [2.05, 4.69) is 15.7 Å². The molecule has 11 heteroatoms. The topological polar surface area (TPSA) is 124 Å². The van der Waals surface area contributed by atoms with E-state index in [-0.39, 0.29) is 30.6 Å². The molecule has 0 saturated carbocycles. The number of carbonyl (C=O) groups is 2. The molecule has 3 rings (SSSR count). The largest absolute Gasteiger partial charge is 0.345 e. The SMILES string of the molecule is Cc1cc([N+](=O)[O-])ccc1NC(=O)Cn1nc(CNC(=O)c2ccccc2C)n(C)c1=S. The van der Waals surface area contributed by atoms with Gasteiger partial charge in [-0.25, -0.2) is 4.68 Å². The fourth-order valence-electron chi connectivity index (χ4n) is 3.10. The molecule has 0 atom stereocenters. The smallest absolute Gasteiger partial charge is 0.269 e. The first-order valence-corrected chi connectivity index (χ1v) is 10.1. The third-order valence-corrected chi connectivity index (χ3v) is 5.40. The number of non-ortho nitro benzene ring substituents is 1. The monoisotopic (exact) mass is 454 g/mol. The molecule has 0 bridgehead atoms. The lowest BCUT2D eigenvalue weighted by atomic mass is 10.1. The van der Waals surface area contributed by atoms with Crippen LogP contribution in [0.1, 0.15) is 27.3 Å². The van der Waals surface area contributed by atoms with Crippen LogP contribution in [0.4, 0.5) is 11.4 Å². The van der Waals surface area contributed by atoms with E-state index in [4.69, 9.17) is 12.2 Å². The highest BCUT2D eigenvalue weighted by molar-refractivity contribution is 7.71. The summed E-state index contributed by atoms with van der Waals surface area (Å²) in [6, 6.07) is 11.4. The van der Waals surface area contributed by atoms with E-state index in [9.17, 15) is 19.7 Å². The molecule has 166 valence electrons. The molecule has 10 nitrogen and oxygen atoms in total. The molecule has 1 heterocycles. The molecule has 2 N–H and O–H groups in total. The van der Waals surface area contributed by atoms with E-state index in [1.54, 1.807) is 30.7 Å². The van der Waals surface area contributed by atoms with Gasteiger partial charge in [0.2, 0.25) is 5.91 Å². The number of amides is 2. The molecule has 1 aromatic heterocycles. The molecule has 0 aliphatic rings. The average Bonchev–Trinajstić information content (AvgIpc) is 3.01. The van der Waals surface area contributed by atoms with Crippen molar-refractivity contribution in [2.45, 2.75) is 26.9 Å². The fourth-order valence-corrected chi connectivity index (χ4v) is 3.31. The van der Waals surface area contributed by atoms with Crippen molar-refractivity contribution in [1.29, 1.82) is 0 Å². The molecular formula is C21H22N6O4S. The number of rotatable bonds is 7. The summed E-state index contributed by atoms with van der Waals surface area (Å²) >= 11 is 5.36. The third kappa shape index (κ3) is 5.06. The number of nitrogens with zero attached hydrogens (tertiary/aromatic N) is 4. The standard InChI is InChI=1S/C21H22N6O4S/c1-13-6-4-5-7-16(13)20(29)22-11-18-24-26(21(32)25(18)3)12-19(28)23-17-9-8-15(27(30)31)10-14(17)2/h4-10H,11-12H2,1-3H3,(H,22,29)(H,23,28). The van der Waals surface area contributed by atoms with Crippen molar-refractivity contribution < 1.29 is 14.5 Å². The quantitative estimate of drug-likeness (QED) is 0.321. The molecule has 0 radical (unpaired) electrons. The summed E-state index contributed by atoms with van der Waals surface area (Å²) < 4.78 is 3.30. The number of aryl methyl sites for hydroxylation is 2. The van der Waals surface area contributed by atoms with Crippen molar-refractivity contribution in [2.24, 2.45) is 7.05 Å². The van der Waals surface area contributed by atoms with Crippen molar-refractivity contribution >= 4 is 35.4 Å². The summed E-state index contributed by atoms with van der Waals surface area (Å²) in [5, 5.41) is 20.7. The number of nitrogens with one attached hydrogen (secondary N) is 2. The first kappa shape index (κ1) is 22.8. The summed E-state index contributed by atoms with van der Waals surface area (Å²) in [4.78, 5) is 35.3. The van der Waals surface area contributed by atoms with E-state index in [1.165, 1.54) is 22.9 Å². The van der Waals surface area contributed by atoms with Crippen molar-refractivity contribution in [3.8, 4) is 0 Å². The number of benzene rings is 2. The second kappa shape index (κ2) is 9.52. The van der Waals surface area contributed by atoms with Crippen LogP contribution in [0.3, 0.4) is 0 Å². The molecule has 2 amide bonds. The maximum Gasteiger partial charge on any atom is 0.269 e. The molecule has 0 saturated heterocycles. The Balaban J connectivity index is 1.67. The number of nitro groups is 1. The zero-order valence-electron chi connectivity index (χ0n) is 17.8. The lowest BCUT2D eigenvalue weighted by Gasteiger charge is -2.08.